The maximum absolute atomic E-state index is 13.4. The van der Waals surface area contributed by atoms with E-state index in [0.717, 1.165) is 18.6 Å². The Morgan fingerprint density at radius 3 is 2.67 bits per heavy atom. The van der Waals surface area contributed by atoms with Gasteiger partial charge in [-0.25, -0.2) is 22.3 Å². The van der Waals surface area contributed by atoms with Gasteiger partial charge in [-0.15, -0.1) is 0 Å². The summed E-state index contributed by atoms with van der Waals surface area (Å²) < 4.78 is 43.6. The molecule has 148 valence electrons. The van der Waals surface area contributed by atoms with E-state index in [-0.39, 0.29) is 34.1 Å². The highest BCUT2D eigenvalue weighted by atomic mass is 35.5. The van der Waals surface area contributed by atoms with E-state index >= 15 is 0 Å². The predicted octanol–water partition coefficient (Wildman–Crippen LogP) is 2.52. The van der Waals surface area contributed by atoms with Gasteiger partial charge in [0.1, 0.15) is 11.6 Å². The highest BCUT2D eigenvalue weighted by molar-refractivity contribution is 7.89. The third kappa shape index (κ3) is 3.68. The first-order chi connectivity index (χ1) is 12.6. The predicted molar refractivity (Wildman–Crippen MR) is 100.0 cm³/mol. The molecule has 0 saturated carbocycles. The SMILES string of the molecule is CC(C)n1c(C2CCCN(S(=O)(=O)c3ccc(F)c(Cl)c3)C2)nn(C)c1=O. The fourth-order valence-electron chi connectivity index (χ4n) is 3.42. The Labute approximate surface area is 162 Å². The van der Waals surface area contributed by atoms with Crippen molar-refractivity contribution >= 4 is 21.6 Å². The van der Waals surface area contributed by atoms with Crippen LogP contribution in [0.4, 0.5) is 4.39 Å². The molecular formula is C17H22ClFN4O3S. The van der Waals surface area contributed by atoms with Crippen molar-refractivity contribution in [2.24, 2.45) is 7.05 Å². The van der Waals surface area contributed by atoms with Crippen LogP contribution in [-0.4, -0.2) is 40.2 Å². The highest BCUT2D eigenvalue weighted by Crippen LogP contribution is 2.31. The molecule has 2 aromatic rings. The van der Waals surface area contributed by atoms with Crippen LogP contribution in [0, 0.1) is 5.82 Å². The van der Waals surface area contributed by atoms with Crippen LogP contribution >= 0.6 is 11.6 Å². The zero-order valence-electron chi connectivity index (χ0n) is 15.4. The van der Waals surface area contributed by atoms with E-state index in [0.29, 0.717) is 18.8 Å². The van der Waals surface area contributed by atoms with Gasteiger partial charge in [-0.1, -0.05) is 11.6 Å². The van der Waals surface area contributed by atoms with Gasteiger partial charge in [0.25, 0.3) is 0 Å². The summed E-state index contributed by atoms with van der Waals surface area (Å²) in [6.07, 6.45) is 1.38. The van der Waals surface area contributed by atoms with E-state index in [4.69, 9.17) is 11.6 Å². The first kappa shape index (κ1) is 20.0. The maximum Gasteiger partial charge on any atom is 0.345 e. The molecular weight excluding hydrogens is 395 g/mol. The zero-order chi connectivity index (χ0) is 19.9. The Morgan fingerprint density at radius 2 is 2.04 bits per heavy atom. The van der Waals surface area contributed by atoms with Crippen LogP contribution in [0.15, 0.2) is 27.9 Å². The number of aryl methyl sites for hydroxylation is 1. The van der Waals surface area contributed by atoms with Crippen molar-refractivity contribution in [3.63, 3.8) is 0 Å². The number of hydrogen-bond donors (Lipinski definition) is 0. The highest BCUT2D eigenvalue weighted by Gasteiger charge is 2.34. The Morgan fingerprint density at radius 1 is 1.33 bits per heavy atom. The summed E-state index contributed by atoms with van der Waals surface area (Å²) in [7, 11) is -2.23. The molecule has 1 saturated heterocycles. The summed E-state index contributed by atoms with van der Waals surface area (Å²) in [5.41, 5.74) is -0.217. The Balaban J connectivity index is 1.94. The Hall–Kier alpha value is -1.71. The molecule has 27 heavy (non-hydrogen) atoms. The third-order valence-corrected chi connectivity index (χ3v) is 6.93. The van der Waals surface area contributed by atoms with E-state index in [1.807, 2.05) is 13.8 Å². The first-order valence-corrected chi connectivity index (χ1v) is 10.6. The van der Waals surface area contributed by atoms with Crippen molar-refractivity contribution in [3.05, 3.63) is 45.3 Å². The van der Waals surface area contributed by atoms with Crippen LogP contribution in [0.1, 0.15) is 44.5 Å². The number of nitrogens with zero attached hydrogens (tertiary/aromatic N) is 4. The lowest BCUT2D eigenvalue weighted by Crippen LogP contribution is -2.40. The summed E-state index contributed by atoms with van der Waals surface area (Å²) >= 11 is 5.75. The Bertz CT molecular complexity index is 1020. The average Bonchev–Trinajstić information content (AvgIpc) is 2.92. The van der Waals surface area contributed by atoms with Gasteiger partial charge in [-0.05, 0) is 44.9 Å². The number of aromatic nitrogens is 3. The minimum absolute atomic E-state index is 0.0446. The second-order valence-electron chi connectivity index (χ2n) is 7.01. The number of rotatable bonds is 4. The minimum Gasteiger partial charge on any atom is -0.276 e. The third-order valence-electron chi connectivity index (χ3n) is 4.78. The van der Waals surface area contributed by atoms with Gasteiger partial charge in [0.05, 0.1) is 9.92 Å². The molecule has 0 bridgehead atoms. The summed E-state index contributed by atoms with van der Waals surface area (Å²) in [6.45, 7) is 4.35. The number of benzene rings is 1. The van der Waals surface area contributed by atoms with Gasteiger partial charge in [0, 0.05) is 32.1 Å². The molecule has 0 amide bonds. The molecule has 10 heteroatoms. The van der Waals surface area contributed by atoms with Crippen molar-refractivity contribution in [2.45, 2.75) is 43.5 Å². The standard InChI is InChI=1S/C17H22ClFN4O3S/c1-11(2)23-16(20-21(3)17(23)24)12-5-4-8-22(10-12)27(25,26)13-6-7-15(19)14(18)9-13/h6-7,9,11-12H,4-5,8,10H2,1-3H3. The van der Waals surface area contributed by atoms with Gasteiger partial charge in [-0.2, -0.15) is 9.40 Å². The zero-order valence-corrected chi connectivity index (χ0v) is 17.0. The molecule has 1 unspecified atom stereocenters. The molecule has 2 heterocycles. The molecule has 0 radical (unpaired) electrons. The summed E-state index contributed by atoms with van der Waals surface area (Å²) in [4.78, 5) is 12.3. The van der Waals surface area contributed by atoms with Crippen molar-refractivity contribution < 1.29 is 12.8 Å². The summed E-state index contributed by atoms with van der Waals surface area (Å²) in [5, 5.41) is 4.11. The first-order valence-electron chi connectivity index (χ1n) is 8.73. The fourth-order valence-corrected chi connectivity index (χ4v) is 5.22. The van der Waals surface area contributed by atoms with Crippen molar-refractivity contribution in [2.75, 3.05) is 13.1 Å². The maximum atomic E-state index is 13.4. The molecule has 1 aromatic heterocycles. The van der Waals surface area contributed by atoms with Gasteiger partial charge in [0.2, 0.25) is 10.0 Å². The van der Waals surface area contributed by atoms with Gasteiger partial charge >= 0.3 is 5.69 Å². The van der Waals surface area contributed by atoms with Gasteiger partial charge < -0.3 is 0 Å². The quantitative estimate of drug-likeness (QED) is 0.767. The molecule has 0 spiro atoms. The normalized spacial score (nSPS) is 19.0. The van der Waals surface area contributed by atoms with Crippen LogP contribution in [0.3, 0.4) is 0 Å². The van der Waals surface area contributed by atoms with E-state index in [1.165, 1.54) is 15.1 Å². The fraction of sp³-hybridized carbons (Fsp3) is 0.529. The van der Waals surface area contributed by atoms with Crippen molar-refractivity contribution in [1.82, 2.24) is 18.7 Å². The molecule has 3 rings (SSSR count). The largest absolute Gasteiger partial charge is 0.345 e. The minimum atomic E-state index is -3.82. The molecule has 1 fully saturated rings. The smallest absolute Gasteiger partial charge is 0.276 e. The van der Waals surface area contributed by atoms with E-state index in [2.05, 4.69) is 5.10 Å². The lowest BCUT2D eigenvalue weighted by molar-refractivity contribution is 0.301. The number of sulfonamides is 1. The van der Waals surface area contributed by atoms with E-state index in [1.54, 1.807) is 11.6 Å². The van der Waals surface area contributed by atoms with E-state index < -0.39 is 15.8 Å². The number of hydrogen-bond acceptors (Lipinski definition) is 4. The van der Waals surface area contributed by atoms with Crippen molar-refractivity contribution in [1.29, 1.82) is 0 Å². The van der Waals surface area contributed by atoms with E-state index in [9.17, 15) is 17.6 Å². The van der Waals surface area contributed by atoms with Crippen LogP contribution in [-0.2, 0) is 17.1 Å². The lowest BCUT2D eigenvalue weighted by Gasteiger charge is -2.31. The molecule has 1 aromatic carbocycles. The van der Waals surface area contributed by atoms with Crippen LogP contribution < -0.4 is 5.69 Å². The monoisotopic (exact) mass is 416 g/mol. The summed E-state index contributed by atoms with van der Waals surface area (Å²) in [5.74, 6) is -0.267. The van der Waals surface area contributed by atoms with Crippen molar-refractivity contribution in [3.8, 4) is 0 Å². The number of halogens is 2. The van der Waals surface area contributed by atoms with Gasteiger partial charge in [0.15, 0.2) is 0 Å². The second-order valence-corrected chi connectivity index (χ2v) is 9.35. The second kappa shape index (κ2) is 7.37. The molecule has 1 aliphatic heterocycles. The lowest BCUT2D eigenvalue weighted by atomic mass is 9.98. The van der Waals surface area contributed by atoms with Crippen LogP contribution in [0.25, 0.3) is 0 Å². The van der Waals surface area contributed by atoms with Crippen LogP contribution in [0.5, 0.6) is 0 Å². The Kier molecular flexibility index (Phi) is 5.47. The van der Waals surface area contributed by atoms with Gasteiger partial charge in [-0.3, -0.25) is 4.57 Å². The summed E-state index contributed by atoms with van der Waals surface area (Å²) in [6, 6.07) is 3.31. The molecule has 7 nitrogen and oxygen atoms in total. The number of piperidine rings is 1. The van der Waals surface area contributed by atoms with Crippen LogP contribution in [0.2, 0.25) is 5.02 Å². The average molecular weight is 417 g/mol. The molecule has 0 N–H and O–H groups in total. The molecule has 0 aliphatic carbocycles. The molecule has 1 aliphatic rings. The molecule has 1 atom stereocenters. The topological polar surface area (TPSA) is 77.2 Å².